The summed E-state index contributed by atoms with van der Waals surface area (Å²) in [6, 6.07) is 15.8. The van der Waals surface area contributed by atoms with Crippen LogP contribution in [0.15, 0.2) is 70.5 Å². The quantitative estimate of drug-likeness (QED) is 0.462. The molecule has 0 aromatic heterocycles. The molecule has 10 heteroatoms. The SMILES string of the molecule is CC(=O)Nc1ccc(C)c(S(=O)(=O)Nc2ccc(C)c(S(=O)(=O)Nc3cccc(C)c3)c2)c1. The van der Waals surface area contributed by atoms with Crippen molar-refractivity contribution in [3.63, 3.8) is 0 Å². The Kier molecular flexibility index (Phi) is 6.80. The lowest BCUT2D eigenvalue weighted by molar-refractivity contribution is -0.114. The number of benzene rings is 3. The number of rotatable bonds is 7. The average molecular weight is 488 g/mol. The third kappa shape index (κ3) is 5.91. The van der Waals surface area contributed by atoms with Gasteiger partial charge in [-0.2, -0.15) is 0 Å². The van der Waals surface area contributed by atoms with Gasteiger partial charge >= 0.3 is 0 Å². The highest BCUT2D eigenvalue weighted by molar-refractivity contribution is 7.93. The maximum atomic E-state index is 13.0. The Labute approximate surface area is 194 Å². The molecule has 0 heterocycles. The van der Waals surface area contributed by atoms with E-state index in [9.17, 15) is 21.6 Å². The topological polar surface area (TPSA) is 121 Å². The van der Waals surface area contributed by atoms with Gasteiger partial charge in [0.1, 0.15) is 0 Å². The van der Waals surface area contributed by atoms with Crippen molar-refractivity contribution in [1.29, 1.82) is 0 Å². The van der Waals surface area contributed by atoms with Crippen molar-refractivity contribution in [2.75, 3.05) is 14.8 Å². The third-order valence-corrected chi connectivity index (χ3v) is 7.84. The summed E-state index contributed by atoms with van der Waals surface area (Å²) in [5, 5.41) is 2.55. The fraction of sp³-hybridized carbons (Fsp3) is 0.174. The lowest BCUT2D eigenvalue weighted by Crippen LogP contribution is -2.17. The first kappa shape index (κ1) is 24.3. The number of amides is 1. The Bertz CT molecular complexity index is 1430. The van der Waals surface area contributed by atoms with Crippen molar-refractivity contribution in [1.82, 2.24) is 0 Å². The lowest BCUT2D eigenvalue weighted by Gasteiger charge is -2.15. The lowest BCUT2D eigenvalue weighted by atomic mass is 10.2. The molecule has 0 fully saturated rings. The van der Waals surface area contributed by atoms with E-state index in [0.29, 0.717) is 22.5 Å². The predicted molar refractivity (Wildman–Crippen MR) is 129 cm³/mol. The number of carbonyl (C=O) groups is 1. The largest absolute Gasteiger partial charge is 0.326 e. The number of aryl methyl sites for hydroxylation is 3. The van der Waals surface area contributed by atoms with Gasteiger partial charge in [0.05, 0.1) is 15.5 Å². The van der Waals surface area contributed by atoms with Crippen LogP contribution in [-0.4, -0.2) is 22.7 Å². The van der Waals surface area contributed by atoms with Gasteiger partial charge < -0.3 is 5.32 Å². The maximum absolute atomic E-state index is 13.0. The number of hydrogen-bond acceptors (Lipinski definition) is 5. The minimum Gasteiger partial charge on any atom is -0.326 e. The van der Waals surface area contributed by atoms with Gasteiger partial charge in [0.15, 0.2) is 0 Å². The average Bonchev–Trinajstić information content (AvgIpc) is 2.70. The van der Waals surface area contributed by atoms with E-state index in [1.807, 2.05) is 13.0 Å². The first-order valence-corrected chi connectivity index (χ1v) is 13.0. The molecule has 0 aliphatic carbocycles. The van der Waals surface area contributed by atoms with E-state index in [0.717, 1.165) is 5.56 Å². The first-order valence-electron chi connectivity index (χ1n) is 9.98. The molecule has 0 atom stereocenters. The molecule has 0 saturated carbocycles. The van der Waals surface area contributed by atoms with Gasteiger partial charge in [-0.15, -0.1) is 0 Å². The standard InChI is InChI=1S/C23H25N3O5S2/c1-15-6-5-7-20(12-15)25-33(30,31)23-14-21(11-9-17(23)3)26-32(28,29)22-13-19(24-18(4)27)10-8-16(22)2/h5-14,25-26H,1-4H3,(H,24,27). The number of anilines is 3. The van der Waals surface area contributed by atoms with Gasteiger partial charge in [0.25, 0.3) is 20.0 Å². The Morgan fingerprint density at radius 2 is 1.15 bits per heavy atom. The molecule has 3 N–H and O–H groups in total. The minimum atomic E-state index is -4.06. The molecule has 0 spiro atoms. The second-order valence-electron chi connectivity index (χ2n) is 7.72. The fourth-order valence-electron chi connectivity index (χ4n) is 3.25. The normalized spacial score (nSPS) is 11.6. The third-order valence-electron chi connectivity index (χ3n) is 4.80. The van der Waals surface area contributed by atoms with E-state index in [2.05, 4.69) is 14.8 Å². The molecule has 8 nitrogen and oxygen atoms in total. The molecule has 0 aliphatic rings. The molecule has 174 valence electrons. The summed E-state index contributed by atoms with van der Waals surface area (Å²) < 4.78 is 57.0. The van der Waals surface area contributed by atoms with E-state index in [4.69, 9.17) is 0 Å². The predicted octanol–water partition coefficient (Wildman–Crippen LogP) is 4.17. The number of hydrogen-bond donors (Lipinski definition) is 3. The van der Waals surface area contributed by atoms with Crippen molar-refractivity contribution in [2.24, 2.45) is 0 Å². The maximum Gasteiger partial charge on any atom is 0.262 e. The van der Waals surface area contributed by atoms with Crippen molar-refractivity contribution in [2.45, 2.75) is 37.5 Å². The molecule has 0 radical (unpaired) electrons. The van der Waals surface area contributed by atoms with Crippen LogP contribution in [0.5, 0.6) is 0 Å². The Morgan fingerprint density at radius 1 is 0.667 bits per heavy atom. The van der Waals surface area contributed by atoms with Crippen LogP contribution >= 0.6 is 0 Å². The second-order valence-corrected chi connectivity index (χ2v) is 11.0. The molecule has 33 heavy (non-hydrogen) atoms. The zero-order chi connectivity index (χ0) is 24.4. The van der Waals surface area contributed by atoms with Crippen LogP contribution in [0.4, 0.5) is 17.1 Å². The van der Waals surface area contributed by atoms with Crippen LogP contribution in [0.25, 0.3) is 0 Å². The first-order chi connectivity index (χ1) is 15.4. The zero-order valence-corrected chi connectivity index (χ0v) is 20.3. The van der Waals surface area contributed by atoms with Crippen molar-refractivity contribution < 1.29 is 21.6 Å². The second kappa shape index (κ2) is 9.24. The van der Waals surface area contributed by atoms with E-state index < -0.39 is 20.0 Å². The molecule has 3 rings (SSSR count). The monoisotopic (exact) mass is 487 g/mol. The van der Waals surface area contributed by atoms with Gasteiger partial charge in [0, 0.05) is 18.3 Å². The molecule has 0 unspecified atom stereocenters. The summed E-state index contributed by atoms with van der Waals surface area (Å²) in [5.41, 5.74) is 2.66. The Hall–Kier alpha value is -3.37. The van der Waals surface area contributed by atoms with E-state index in [-0.39, 0.29) is 21.4 Å². The van der Waals surface area contributed by atoms with Crippen LogP contribution in [0, 0.1) is 20.8 Å². The smallest absolute Gasteiger partial charge is 0.262 e. The summed E-state index contributed by atoms with van der Waals surface area (Å²) in [5.74, 6) is -0.329. The summed E-state index contributed by atoms with van der Waals surface area (Å²) in [4.78, 5) is 11.2. The van der Waals surface area contributed by atoms with Crippen LogP contribution in [-0.2, 0) is 24.8 Å². The molecule has 3 aromatic carbocycles. The van der Waals surface area contributed by atoms with Gasteiger partial charge in [-0.25, -0.2) is 16.8 Å². The van der Waals surface area contributed by atoms with E-state index in [1.165, 1.54) is 31.2 Å². The van der Waals surface area contributed by atoms with Crippen molar-refractivity contribution >= 4 is 43.0 Å². The van der Waals surface area contributed by atoms with E-state index in [1.54, 1.807) is 44.2 Å². The molecule has 0 aliphatic heterocycles. The summed E-state index contributed by atoms with van der Waals surface area (Å²) in [7, 11) is -8.02. The molecular weight excluding hydrogens is 462 g/mol. The zero-order valence-electron chi connectivity index (χ0n) is 18.6. The summed E-state index contributed by atoms with van der Waals surface area (Å²) in [6.45, 7) is 6.43. The van der Waals surface area contributed by atoms with Gasteiger partial charge in [0.2, 0.25) is 5.91 Å². The molecule has 0 bridgehead atoms. The number of carbonyl (C=O) groups excluding carboxylic acids is 1. The molecular formula is C23H25N3O5S2. The highest BCUT2D eigenvalue weighted by Gasteiger charge is 2.21. The van der Waals surface area contributed by atoms with Gasteiger partial charge in [-0.05, 0) is 73.9 Å². The van der Waals surface area contributed by atoms with Crippen LogP contribution in [0.1, 0.15) is 23.6 Å². The minimum absolute atomic E-state index is 0.0309. The Morgan fingerprint density at radius 3 is 1.67 bits per heavy atom. The number of sulfonamides is 2. The highest BCUT2D eigenvalue weighted by Crippen LogP contribution is 2.27. The molecule has 0 saturated heterocycles. The van der Waals surface area contributed by atoms with Crippen LogP contribution < -0.4 is 14.8 Å². The molecule has 3 aromatic rings. The summed E-state index contributed by atoms with van der Waals surface area (Å²) >= 11 is 0. The Balaban J connectivity index is 1.94. The highest BCUT2D eigenvalue weighted by atomic mass is 32.2. The van der Waals surface area contributed by atoms with E-state index >= 15 is 0 Å². The van der Waals surface area contributed by atoms with Crippen LogP contribution in [0.3, 0.4) is 0 Å². The number of nitrogens with one attached hydrogen (secondary N) is 3. The van der Waals surface area contributed by atoms with Gasteiger partial charge in [-0.1, -0.05) is 24.3 Å². The van der Waals surface area contributed by atoms with Gasteiger partial charge in [-0.3, -0.25) is 14.2 Å². The fourth-order valence-corrected chi connectivity index (χ4v) is 5.90. The summed E-state index contributed by atoms with van der Waals surface area (Å²) in [6.07, 6.45) is 0. The van der Waals surface area contributed by atoms with Crippen molar-refractivity contribution in [3.8, 4) is 0 Å². The van der Waals surface area contributed by atoms with Crippen LogP contribution in [0.2, 0.25) is 0 Å². The molecule has 1 amide bonds. The van der Waals surface area contributed by atoms with Crippen molar-refractivity contribution in [3.05, 3.63) is 77.4 Å².